The summed E-state index contributed by atoms with van der Waals surface area (Å²) in [5.41, 5.74) is 2.59. The molecule has 3 rings (SSSR count). The number of hydrogen-bond donors (Lipinski definition) is 1. The predicted octanol–water partition coefficient (Wildman–Crippen LogP) is -0.108. The Hall–Kier alpha value is -2.17. The van der Waals surface area contributed by atoms with Crippen molar-refractivity contribution in [1.29, 1.82) is 5.26 Å². The molecule has 22 heavy (non-hydrogen) atoms. The molecule has 0 bridgehead atoms. The van der Waals surface area contributed by atoms with Crippen molar-refractivity contribution >= 4 is 17.1 Å². The monoisotopic (exact) mass is 304 g/mol. The van der Waals surface area contributed by atoms with E-state index in [4.69, 9.17) is 14.8 Å². The normalized spacial score (nSPS) is 9.41. The van der Waals surface area contributed by atoms with Crippen LogP contribution in [0.4, 0.5) is 0 Å². The van der Waals surface area contributed by atoms with Gasteiger partial charge in [-0.05, 0) is 42.5 Å². The maximum absolute atomic E-state index is 10.8. The summed E-state index contributed by atoms with van der Waals surface area (Å²) < 4.78 is 5.59. The molecule has 1 heterocycles. The van der Waals surface area contributed by atoms with Crippen LogP contribution >= 0.6 is 0 Å². The van der Waals surface area contributed by atoms with Crippen LogP contribution in [0.1, 0.15) is 15.9 Å². The Morgan fingerprint density at radius 2 is 1.86 bits per heavy atom. The molecule has 7 heteroatoms. The van der Waals surface area contributed by atoms with E-state index in [1.165, 1.54) is 12.1 Å². The van der Waals surface area contributed by atoms with E-state index in [-0.39, 0.29) is 40.6 Å². The first-order valence-corrected chi connectivity index (χ1v) is 5.82. The summed E-state index contributed by atoms with van der Waals surface area (Å²) in [5, 5.41) is 17.7. The van der Waals surface area contributed by atoms with Crippen LogP contribution in [-0.2, 0) is 0 Å². The quantitative estimate of drug-likeness (QED) is 0.660. The Morgan fingerprint density at radius 3 is 2.45 bits per heavy atom. The molecule has 2 N–H and O–H groups in total. The van der Waals surface area contributed by atoms with Crippen molar-refractivity contribution in [2.24, 2.45) is 0 Å². The Balaban J connectivity index is 0.00000121. The number of aromatic nitrogens is 1. The number of aromatic carboxylic acids is 1. The third-order valence-corrected chi connectivity index (χ3v) is 2.90. The van der Waals surface area contributed by atoms with Crippen LogP contribution in [0.5, 0.6) is 0 Å². The molecule has 104 valence electrons. The zero-order valence-electron chi connectivity index (χ0n) is 11.6. The van der Waals surface area contributed by atoms with Crippen molar-refractivity contribution in [2.45, 2.75) is 0 Å². The van der Waals surface area contributed by atoms with Gasteiger partial charge in [-0.1, -0.05) is 0 Å². The molecular formula is C15H9N2NaO4. The van der Waals surface area contributed by atoms with Crippen molar-refractivity contribution in [1.82, 2.24) is 4.98 Å². The van der Waals surface area contributed by atoms with Gasteiger partial charge in [0.2, 0.25) is 5.89 Å². The SMILES string of the molecule is N#Cc1ccc2oc(-c3ccc(C(=O)O)cc3)nc2c1.[Na+].[OH-]. The molecule has 0 radical (unpaired) electrons. The van der Waals surface area contributed by atoms with E-state index >= 15 is 0 Å². The first kappa shape index (κ1) is 17.9. The number of rotatable bonds is 2. The third-order valence-electron chi connectivity index (χ3n) is 2.90. The number of oxazole rings is 1. The average molecular weight is 304 g/mol. The number of nitrogens with zero attached hydrogens (tertiary/aromatic N) is 2. The Labute approximate surface area is 147 Å². The molecule has 3 aromatic rings. The Morgan fingerprint density at radius 1 is 1.18 bits per heavy atom. The maximum Gasteiger partial charge on any atom is 1.00 e. The minimum atomic E-state index is -0.979. The number of nitriles is 1. The number of carboxylic acid groups (broad SMARTS) is 1. The van der Waals surface area contributed by atoms with Crippen molar-refractivity contribution < 1.29 is 49.4 Å². The smallest absolute Gasteiger partial charge is 0.870 e. The molecule has 0 amide bonds. The van der Waals surface area contributed by atoms with E-state index in [1.807, 2.05) is 6.07 Å². The van der Waals surface area contributed by atoms with Gasteiger partial charge in [0.1, 0.15) is 5.52 Å². The number of fused-ring (bicyclic) bond motifs is 1. The van der Waals surface area contributed by atoms with Crippen LogP contribution in [0.2, 0.25) is 0 Å². The Kier molecular flexibility index (Phi) is 5.85. The van der Waals surface area contributed by atoms with E-state index in [0.29, 0.717) is 28.1 Å². The molecule has 0 unspecified atom stereocenters. The van der Waals surface area contributed by atoms with Crippen LogP contribution in [-0.4, -0.2) is 21.5 Å². The molecule has 2 aromatic carbocycles. The minimum absolute atomic E-state index is 0. The van der Waals surface area contributed by atoms with Gasteiger partial charge in [0.25, 0.3) is 0 Å². The van der Waals surface area contributed by atoms with Crippen LogP contribution < -0.4 is 29.6 Å². The molecule has 0 aliphatic heterocycles. The second kappa shape index (κ2) is 7.20. The fraction of sp³-hybridized carbons (Fsp3) is 0. The van der Waals surface area contributed by atoms with Gasteiger partial charge in [-0.3, -0.25) is 0 Å². The van der Waals surface area contributed by atoms with Gasteiger partial charge in [-0.25, -0.2) is 9.78 Å². The van der Waals surface area contributed by atoms with Gasteiger partial charge in [0.15, 0.2) is 5.58 Å². The van der Waals surface area contributed by atoms with E-state index in [0.717, 1.165) is 0 Å². The number of carbonyl (C=O) groups is 1. The molecule has 0 aliphatic rings. The fourth-order valence-electron chi connectivity index (χ4n) is 1.88. The molecule has 6 nitrogen and oxygen atoms in total. The summed E-state index contributed by atoms with van der Waals surface area (Å²) in [6, 6.07) is 13.3. The molecule has 0 saturated carbocycles. The minimum Gasteiger partial charge on any atom is -0.870 e. The van der Waals surface area contributed by atoms with Gasteiger partial charge in [-0.15, -0.1) is 0 Å². The number of carboxylic acids is 1. The largest absolute Gasteiger partial charge is 1.00 e. The van der Waals surface area contributed by atoms with Crippen molar-refractivity contribution in [3.8, 4) is 17.5 Å². The topological polar surface area (TPSA) is 117 Å². The second-order valence-electron chi connectivity index (χ2n) is 4.20. The third kappa shape index (κ3) is 3.35. The summed E-state index contributed by atoms with van der Waals surface area (Å²) in [6.07, 6.45) is 0. The standard InChI is InChI=1S/C15H8N2O3.Na.H2O/c16-8-9-1-6-13-12(7-9)17-14(20-13)10-2-4-11(5-3-10)15(18)19;;/h1-7H,(H,18,19);;1H2/q;+1;/p-1. The summed E-state index contributed by atoms with van der Waals surface area (Å²) in [5.74, 6) is -0.584. The average Bonchev–Trinajstić information content (AvgIpc) is 2.90. The number of benzene rings is 2. The summed E-state index contributed by atoms with van der Waals surface area (Å²) >= 11 is 0. The molecule has 1 aromatic heterocycles. The summed E-state index contributed by atoms with van der Waals surface area (Å²) in [6.45, 7) is 0. The van der Waals surface area contributed by atoms with Crippen LogP contribution in [0.25, 0.3) is 22.6 Å². The van der Waals surface area contributed by atoms with Crippen molar-refractivity contribution in [3.05, 3.63) is 53.6 Å². The molecule has 0 spiro atoms. The van der Waals surface area contributed by atoms with Gasteiger partial charge < -0.3 is 15.0 Å². The predicted molar refractivity (Wildman–Crippen MR) is 73.1 cm³/mol. The first-order valence-electron chi connectivity index (χ1n) is 5.82. The fourth-order valence-corrected chi connectivity index (χ4v) is 1.88. The molecular weight excluding hydrogens is 295 g/mol. The molecule has 0 fully saturated rings. The molecule has 0 saturated heterocycles. The number of hydrogen-bond acceptors (Lipinski definition) is 5. The van der Waals surface area contributed by atoms with Crippen LogP contribution in [0, 0.1) is 11.3 Å². The van der Waals surface area contributed by atoms with Crippen molar-refractivity contribution in [3.63, 3.8) is 0 Å². The van der Waals surface area contributed by atoms with E-state index in [9.17, 15) is 4.79 Å². The first-order chi connectivity index (χ1) is 9.67. The summed E-state index contributed by atoms with van der Waals surface area (Å²) in [7, 11) is 0. The van der Waals surface area contributed by atoms with E-state index in [2.05, 4.69) is 4.98 Å². The van der Waals surface area contributed by atoms with Gasteiger partial charge in [0, 0.05) is 5.56 Å². The van der Waals surface area contributed by atoms with Crippen LogP contribution in [0.3, 0.4) is 0 Å². The maximum atomic E-state index is 10.8. The van der Waals surface area contributed by atoms with Gasteiger partial charge in [0.05, 0.1) is 17.2 Å². The van der Waals surface area contributed by atoms with Crippen LogP contribution in [0.15, 0.2) is 46.9 Å². The van der Waals surface area contributed by atoms with Gasteiger partial charge in [-0.2, -0.15) is 5.26 Å². The molecule has 0 aliphatic carbocycles. The van der Waals surface area contributed by atoms with Crippen molar-refractivity contribution in [2.75, 3.05) is 0 Å². The van der Waals surface area contributed by atoms with E-state index < -0.39 is 5.97 Å². The Bertz CT molecular complexity index is 850. The summed E-state index contributed by atoms with van der Waals surface area (Å²) in [4.78, 5) is 15.1. The van der Waals surface area contributed by atoms with Gasteiger partial charge >= 0.3 is 35.5 Å². The zero-order chi connectivity index (χ0) is 14.1. The van der Waals surface area contributed by atoms with E-state index in [1.54, 1.807) is 30.3 Å². The molecule has 0 atom stereocenters. The zero-order valence-corrected chi connectivity index (χ0v) is 13.6. The second-order valence-corrected chi connectivity index (χ2v) is 4.20.